The summed E-state index contributed by atoms with van der Waals surface area (Å²) in [5.74, 6) is -0.840. The summed E-state index contributed by atoms with van der Waals surface area (Å²) in [6.45, 7) is 6.98. The van der Waals surface area contributed by atoms with E-state index in [1.54, 1.807) is 4.90 Å². The van der Waals surface area contributed by atoms with Gasteiger partial charge in [0, 0.05) is 19.6 Å². The van der Waals surface area contributed by atoms with Gasteiger partial charge in [0.2, 0.25) is 0 Å². The van der Waals surface area contributed by atoms with E-state index < -0.39 is 17.6 Å². The number of ether oxygens (including phenoxy) is 1. The minimum Gasteiger partial charge on any atom is -0.480 e. The lowest BCUT2D eigenvalue weighted by molar-refractivity contribution is -0.144. The highest BCUT2D eigenvalue weighted by Gasteiger charge is 2.37. The molecule has 0 aliphatic carbocycles. The average Bonchev–Trinajstić information content (AvgIpc) is 2.72. The summed E-state index contributed by atoms with van der Waals surface area (Å²) in [6, 6.07) is 18.9. The maximum atomic E-state index is 12.9. The van der Waals surface area contributed by atoms with Crippen molar-refractivity contribution in [2.24, 2.45) is 0 Å². The van der Waals surface area contributed by atoms with Crippen LogP contribution < -0.4 is 0 Å². The van der Waals surface area contributed by atoms with Crippen LogP contribution in [0.25, 0.3) is 0 Å². The molecule has 1 fully saturated rings. The van der Waals surface area contributed by atoms with Crippen LogP contribution in [-0.4, -0.2) is 64.3 Å². The van der Waals surface area contributed by atoms with Crippen molar-refractivity contribution in [2.75, 3.05) is 19.6 Å². The third-order valence-corrected chi connectivity index (χ3v) is 5.45. The number of carboxylic acids is 1. The van der Waals surface area contributed by atoms with Crippen molar-refractivity contribution in [3.8, 4) is 0 Å². The number of benzene rings is 2. The van der Waals surface area contributed by atoms with Gasteiger partial charge in [-0.2, -0.15) is 0 Å². The van der Waals surface area contributed by atoms with Crippen molar-refractivity contribution < 1.29 is 19.4 Å². The Morgan fingerprint density at radius 1 is 1.00 bits per heavy atom. The maximum Gasteiger partial charge on any atom is 0.410 e. The normalized spacial score (nSPS) is 18.4. The zero-order chi connectivity index (χ0) is 22.4. The summed E-state index contributed by atoms with van der Waals surface area (Å²) in [5, 5.41) is 9.94. The van der Waals surface area contributed by atoms with E-state index in [4.69, 9.17) is 4.74 Å². The van der Waals surface area contributed by atoms with Gasteiger partial charge >= 0.3 is 12.1 Å². The summed E-state index contributed by atoms with van der Waals surface area (Å²) >= 11 is 0. The molecule has 3 rings (SSSR count). The van der Waals surface area contributed by atoms with E-state index in [0.717, 1.165) is 11.1 Å². The van der Waals surface area contributed by atoms with Crippen LogP contribution in [0.1, 0.15) is 31.9 Å². The van der Waals surface area contributed by atoms with Crippen molar-refractivity contribution in [1.82, 2.24) is 9.80 Å². The quantitative estimate of drug-likeness (QED) is 0.763. The van der Waals surface area contributed by atoms with Gasteiger partial charge < -0.3 is 14.7 Å². The van der Waals surface area contributed by atoms with Gasteiger partial charge in [-0.05, 0) is 44.7 Å². The first-order valence-electron chi connectivity index (χ1n) is 10.8. The molecule has 6 heteroatoms. The minimum absolute atomic E-state index is 0.163. The summed E-state index contributed by atoms with van der Waals surface area (Å²) in [7, 11) is 0. The molecule has 31 heavy (non-hydrogen) atoms. The number of piperazine rings is 1. The number of carbonyl (C=O) groups excluding carboxylic acids is 1. The Morgan fingerprint density at radius 3 is 2.13 bits per heavy atom. The molecule has 0 bridgehead atoms. The van der Waals surface area contributed by atoms with Crippen molar-refractivity contribution in [3.05, 3.63) is 71.8 Å². The molecule has 0 unspecified atom stereocenters. The second kappa shape index (κ2) is 9.96. The number of hydrogen-bond donors (Lipinski definition) is 1. The fourth-order valence-electron chi connectivity index (χ4n) is 3.99. The van der Waals surface area contributed by atoms with Crippen LogP contribution in [0.2, 0.25) is 0 Å². The van der Waals surface area contributed by atoms with Gasteiger partial charge in [-0.1, -0.05) is 60.7 Å². The number of rotatable bonds is 6. The Morgan fingerprint density at radius 2 is 1.58 bits per heavy atom. The maximum absolute atomic E-state index is 12.9. The van der Waals surface area contributed by atoms with Gasteiger partial charge in [-0.25, -0.2) is 4.79 Å². The summed E-state index contributed by atoms with van der Waals surface area (Å²) in [5.41, 5.74) is 1.52. The molecule has 0 radical (unpaired) electrons. The molecule has 1 aliphatic heterocycles. The zero-order valence-corrected chi connectivity index (χ0v) is 18.5. The number of nitrogens with zero attached hydrogens (tertiary/aromatic N) is 2. The molecule has 2 aromatic rings. The highest BCUT2D eigenvalue weighted by atomic mass is 16.6. The highest BCUT2D eigenvalue weighted by molar-refractivity contribution is 5.74. The molecule has 1 heterocycles. The van der Waals surface area contributed by atoms with Gasteiger partial charge in [0.05, 0.1) is 6.04 Å². The van der Waals surface area contributed by atoms with Gasteiger partial charge in [-0.15, -0.1) is 0 Å². The van der Waals surface area contributed by atoms with E-state index in [1.165, 1.54) is 0 Å². The molecular weight excluding hydrogens is 392 g/mol. The van der Waals surface area contributed by atoms with Crippen LogP contribution in [0.4, 0.5) is 4.79 Å². The second-order valence-corrected chi connectivity index (χ2v) is 9.06. The molecule has 0 saturated carbocycles. The van der Waals surface area contributed by atoms with Crippen LogP contribution in [0, 0.1) is 0 Å². The highest BCUT2D eigenvalue weighted by Crippen LogP contribution is 2.22. The fourth-order valence-corrected chi connectivity index (χ4v) is 3.99. The first-order chi connectivity index (χ1) is 14.7. The third kappa shape index (κ3) is 6.56. The fraction of sp³-hybridized carbons (Fsp3) is 0.440. The van der Waals surface area contributed by atoms with E-state index in [9.17, 15) is 14.7 Å². The molecule has 2 aromatic carbocycles. The minimum atomic E-state index is -0.840. The van der Waals surface area contributed by atoms with Crippen molar-refractivity contribution in [3.63, 3.8) is 0 Å². The van der Waals surface area contributed by atoms with Crippen molar-refractivity contribution in [1.29, 1.82) is 0 Å². The first kappa shape index (κ1) is 22.8. The molecule has 166 valence electrons. The molecule has 6 nitrogen and oxygen atoms in total. The largest absolute Gasteiger partial charge is 0.480 e. The van der Waals surface area contributed by atoms with E-state index in [-0.39, 0.29) is 12.1 Å². The molecule has 0 spiro atoms. The predicted molar refractivity (Wildman–Crippen MR) is 120 cm³/mol. The standard InChI is InChI=1S/C25H32N2O4/c1-25(2,3)31-24(30)27-15-14-26(18-21(27)16-19-10-6-4-7-11-19)22(23(28)29)17-20-12-8-5-9-13-20/h4-13,21-22H,14-18H2,1-3H3,(H,28,29)/t21-,22-/m0/s1. The number of carbonyl (C=O) groups is 2. The van der Waals surface area contributed by atoms with E-state index >= 15 is 0 Å². The van der Waals surface area contributed by atoms with Gasteiger partial charge in [0.25, 0.3) is 0 Å². The zero-order valence-electron chi connectivity index (χ0n) is 18.5. The summed E-state index contributed by atoms with van der Waals surface area (Å²) in [4.78, 5) is 28.8. The molecule has 1 saturated heterocycles. The average molecular weight is 425 g/mol. The van der Waals surface area contributed by atoms with Crippen LogP contribution in [0.3, 0.4) is 0 Å². The van der Waals surface area contributed by atoms with Gasteiger partial charge in [-0.3, -0.25) is 9.69 Å². The van der Waals surface area contributed by atoms with Crippen LogP contribution in [0.5, 0.6) is 0 Å². The Hall–Kier alpha value is -2.86. The lowest BCUT2D eigenvalue weighted by Gasteiger charge is -2.43. The van der Waals surface area contributed by atoms with E-state index in [0.29, 0.717) is 32.5 Å². The summed E-state index contributed by atoms with van der Waals surface area (Å²) in [6.07, 6.45) is 0.734. The van der Waals surface area contributed by atoms with Crippen LogP contribution in [0.15, 0.2) is 60.7 Å². The molecular formula is C25H32N2O4. The Bertz CT molecular complexity index is 864. The Labute approximate surface area is 184 Å². The molecule has 1 amide bonds. The van der Waals surface area contributed by atoms with Crippen molar-refractivity contribution >= 4 is 12.1 Å². The van der Waals surface area contributed by atoms with Gasteiger partial charge in [0.15, 0.2) is 0 Å². The SMILES string of the molecule is CC(C)(C)OC(=O)N1CCN([C@@H](Cc2ccccc2)C(=O)O)C[C@@H]1Cc1ccccc1. The first-order valence-corrected chi connectivity index (χ1v) is 10.8. The Kier molecular flexibility index (Phi) is 7.33. The number of carboxylic acid groups (broad SMARTS) is 1. The lowest BCUT2D eigenvalue weighted by atomic mass is 9.99. The molecule has 2 atom stereocenters. The summed E-state index contributed by atoms with van der Waals surface area (Å²) < 4.78 is 5.64. The topological polar surface area (TPSA) is 70.1 Å². The van der Waals surface area contributed by atoms with Gasteiger partial charge in [0.1, 0.15) is 11.6 Å². The molecule has 1 N–H and O–H groups in total. The van der Waals surface area contributed by atoms with Crippen molar-refractivity contribution in [2.45, 2.75) is 51.3 Å². The molecule has 1 aliphatic rings. The smallest absolute Gasteiger partial charge is 0.410 e. The number of aliphatic carboxylic acids is 1. The van der Waals surface area contributed by atoms with Crippen LogP contribution >= 0.6 is 0 Å². The third-order valence-electron chi connectivity index (χ3n) is 5.45. The number of hydrogen-bond acceptors (Lipinski definition) is 4. The monoisotopic (exact) mass is 424 g/mol. The Balaban J connectivity index is 1.80. The molecule has 0 aromatic heterocycles. The second-order valence-electron chi connectivity index (χ2n) is 9.06. The number of amides is 1. The van der Waals surface area contributed by atoms with Crippen LogP contribution in [-0.2, 0) is 22.4 Å². The predicted octanol–water partition coefficient (Wildman–Crippen LogP) is 3.85. The van der Waals surface area contributed by atoms with E-state index in [2.05, 4.69) is 0 Å². The lowest BCUT2D eigenvalue weighted by Crippen LogP contribution is -2.60. The van der Waals surface area contributed by atoms with E-state index in [1.807, 2.05) is 86.3 Å².